The summed E-state index contributed by atoms with van der Waals surface area (Å²) < 4.78 is 22.9. The number of methoxy groups -OCH3 is 1. The third-order valence-corrected chi connectivity index (χ3v) is 8.42. The smallest absolute Gasteiger partial charge is 0.251 e. The van der Waals surface area contributed by atoms with Crippen LogP contribution in [-0.2, 0) is 9.47 Å². The van der Waals surface area contributed by atoms with Crippen LogP contribution in [0.5, 0.6) is 5.75 Å². The molecule has 2 N–H and O–H groups in total. The second-order valence-corrected chi connectivity index (χ2v) is 10.9. The van der Waals surface area contributed by atoms with Crippen molar-refractivity contribution in [3.05, 3.63) is 65.9 Å². The summed E-state index contributed by atoms with van der Waals surface area (Å²) >= 11 is 0. The van der Waals surface area contributed by atoms with Crippen molar-refractivity contribution < 1.29 is 23.4 Å². The van der Waals surface area contributed by atoms with Crippen molar-refractivity contribution in [2.75, 3.05) is 38.9 Å². The van der Waals surface area contributed by atoms with Crippen molar-refractivity contribution >= 4 is 22.7 Å². The number of benzene rings is 2. The Labute approximate surface area is 237 Å². The third kappa shape index (κ3) is 4.79. The van der Waals surface area contributed by atoms with Gasteiger partial charge in [0.1, 0.15) is 23.1 Å². The summed E-state index contributed by atoms with van der Waals surface area (Å²) in [7, 11) is 1.58. The summed E-state index contributed by atoms with van der Waals surface area (Å²) in [4.78, 5) is 17.4. The fourth-order valence-electron chi connectivity index (χ4n) is 6.01. The Hall–Kier alpha value is -4.39. The molecule has 1 aliphatic carbocycles. The molecule has 2 saturated heterocycles. The molecule has 2 atom stereocenters. The highest BCUT2D eigenvalue weighted by molar-refractivity contribution is 5.97. The molecular weight excluding hydrogens is 520 g/mol. The van der Waals surface area contributed by atoms with Crippen LogP contribution in [0, 0.1) is 23.2 Å². The van der Waals surface area contributed by atoms with E-state index >= 15 is 0 Å². The molecule has 4 heterocycles. The number of carbonyl (C=O) groups is 1. The Kier molecular flexibility index (Phi) is 6.57. The topological polar surface area (TPSA) is 119 Å². The maximum Gasteiger partial charge on any atom is 0.251 e. The molecule has 0 bridgehead atoms. The molecule has 7 rings (SSSR count). The molecule has 4 aromatic rings. The molecule has 3 aliphatic rings. The van der Waals surface area contributed by atoms with Crippen LogP contribution < -0.4 is 15.4 Å². The average molecular weight is 551 g/mol. The summed E-state index contributed by atoms with van der Waals surface area (Å²) in [6.45, 7) is 2.89. The first-order valence-corrected chi connectivity index (χ1v) is 14.0. The number of aromatic nitrogens is 1. The lowest BCUT2D eigenvalue weighted by atomic mass is 10.0. The summed E-state index contributed by atoms with van der Waals surface area (Å²) in [6, 6.07) is 17.8. The number of hydrogen-bond acceptors (Lipinski definition) is 8. The van der Waals surface area contributed by atoms with E-state index in [4.69, 9.17) is 18.6 Å². The normalized spacial score (nSPS) is 21.7. The number of carbonyl (C=O) groups excluding carboxylic acids is 1. The lowest BCUT2D eigenvalue weighted by molar-refractivity contribution is 0.0904. The molecule has 9 heteroatoms. The minimum absolute atomic E-state index is 0.120. The van der Waals surface area contributed by atoms with E-state index in [9.17, 15) is 10.1 Å². The van der Waals surface area contributed by atoms with Gasteiger partial charge >= 0.3 is 0 Å². The first-order valence-electron chi connectivity index (χ1n) is 14.0. The molecule has 1 saturated carbocycles. The predicted molar refractivity (Wildman–Crippen MR) is 153 cm³/mol. The van der Waals surface area contributed by atoms with E-state index in [0.717, 1.165) is 61.6 Å². The molecule has 2 aromatic carbocycles. The summed E-state index contributed by atoms with van der Waals surface area (Å²) in [6.07, 6.45) is 3.57. The van der Waals surface area contributed by atoms with Gasteiger partial charge in [0, 0.05) is 60.5 Å². The van der Waals surface area contributed by atoms with E-state index in [0.29, 0.717) is 45.6 Å². The minimum atomic E-state index is -0.120. The summed E-state index contributed by atoms with van der Waals surface area (Å²) in [5.41, 5.74) is 5.65. The predicted octanol–water partition coefficient (Wildman–Crippen LogP) is 5.01. The maximum absolute atomic E-state index is 12.9. The molecule has 208 valence electrons. The maximum atomic E-state index is 12.9. The number of pyridine rings is 1. The van der Waals surface area contributed by atoms with Crippen molar-refractivity contribution in [2.45, 2.75) is 24.9 Å². The van der Waals surface area contributed by atoms with Gasteiger partial charge in [-0.25, -0.2) is 0 Å². The molecule has 2 aromatic heterocycles. The number of amides is 1. The number of nitriles is 1. The molecule has 9 nitrogen and oxygen atoms in total. The van der Waals surface area contributed by atoms with Crippen molar-refractivity contribution in [3.63, 3.8) is 0 Å². The van der Waals surface area contributed by atoms with Crippen LogP contribution in [-0.4, -0.2) is 56.5 Å². The van der Waals surface area contributed by atoms with Gasteiger partial charge in [-0.1, -0.05) is 6.07 Å². The van der Waals surface area contributed by atoms with E-state index in [-0.39, 0.29) is 18.0 Å². The largest absolute Gasteiger partial charge is 0.496 e. The molecular formula is C32H30N4O5. The second kappa shape index (κ2) is 10.5. The van der Waals surface area contributed by atoms with Gasteiger partial charge in [-0.2, -0.15) is 5.26 Å². The van der Waals surface area contributed by atoms with Gasteiger partial charge in [-0.3, -0.25) is 9.78 Å². The van der Waals surface area contributed by atoms with Gasteiger partial charge in [0.05, 0.1) is 37.1 Å². The SMILES string of the molecule is COc1cc(C(=O)NC2C3COCC32)ccc1-c1cc2nccc(-c3ccc(NC4CCOCC4)c(C#N)c3)c2o1. The number of furan rings is 1. The molecule has 0 radical (unpaired) electrons. The van der Waals surface area contributed by atoms with Crippen LogP contribution in [0.3, 0.4) is 0 Å². The van der Waals surface area contributed by atoms with E-state index in [1.807, 2.05) is 36.4 Å². The highest BCUT2D eigenvalue weighted by Crippen LogP contribution is 2.44. The van der Waals surface area contributed by atoms with Crippen molar-refractivity contribution in [2.24, 2.45) is 11.8 Å². The van der Waals surface area contributed by atoms with Crippen LogP contribution >= 0.6 is 0 Å². The average Bonchev–Trinajstić information content (AvgIpc) is 3.35. The Balaban J connectivity index is 1.16. The Bertz CT molecular complexity index is 1660. The lowest BCUT2D eigenvalue weighted by Crippen LogP contribution is -2.29. The van der Waals surface area contributed by atoms with E-state index < -0.39 is 0 Å². The van der Waals surface area contributed by atoms with Crippen molar-refractivity contribution in [1.82, 2.24) is 10.3 Å². The zero-order chi connectivity index (χ0) is 27.9. The molecule has 2 unspecified atom stereocenters. The van der Waals surface area contributed by atoms with Crippen molar-refractivity contribution in [3.8, 4) is 34.3 Å². The monoisotopic (exact) mass is 550 g/mol. The van der Waals surface area contributed by atoms with Gasteiger partial charge in [-0.15, -0.1) is 0 Å². The molecule has 3 fully saturated rings. The number of nitrogens with one attached hydrogen (secondary N) is 2. The number of rotatable bonds is 7. The van der Waals surface area contributed by atoms with Gasteiger partial charge in [0.25, 0.3) is 5.91 Å². The fourth-order valence-corrected chi connectivity index (χ4v) is 6.01. The van der Waals surface area contributed by atoms with E-state index in [1.54, 1.807) is 25.4 Å². The summed E-state index contributed by atoms with van der Waals surface area (Å²) in [5.74, 6) is 1.86. The zero-order valence-corrected chi connectivity index (χ0v) is 22.7. The first-order chi connectivity index (χ1) is 20.1. The van der Waals surface area contributed by atoms with Gasteiger partial charge in [0.2, 0.25) is 0 Å². The standard InChI is InChI=1S/C32H30N4O5/c1-38-28-13-19(32(37)36-30-24-16-40-17-25(24)30)2-4-23(28)29-14-27-31(41-29)22(6-9-34-27)18-3-5-26(20(12-18)15-33)35-21-7-10-39-11-8-21/h2-6,9,12-14,21,24-25,30,35H,7-8,10-11,16-17H2,1H3,(H,36,37). The van der Waals surface area contributed by atoms with E-state index in [1.165, 1.54) is 0 Å². The highest BCUT2D eigenvalue weighted by atomic mass is 16.5. The number of fused-ring (bicyclic) bond motifs is 2. The van der Waals surface area contributed by atoms with Gasteiger partial charge in [0.15, 0.2) is 5.58 Å². The van der Waals surface area contributed by atoms with Crippen LogP contribution in [0.4, 0.5) is 5.69 Å². The fraction of sp³-hybridized carbons (Fsp3) is 0.344. The highest BCUT2D eigenvalue weighted by Gasteiger charge is 2.54. The summed E-state index contributed by atoms with van der Waals surface area (Å²) in [5, 5.41) is 16.5. The van der Waals surface area contributed by atoms with Crippen LogP contribution in [0.2, 0.25) is 0 Å². The Morgan fingerprint density at radius 1 is 1.02 bits per heavy atom. The van der Waals surface area contributed by atoms with Gasteiger partial charge < -0.3 is 29.3 Å². The van der Waals surface area contributed by atoms with Gasteiger partial charge in [-0.05, 0) is 54.8 Å². The molecule has 41 heavy (non-hydrogen) atoms. The second-order valence-electron chi connectivity index (χ2n) is 10.9. The molecule has 2 aliphatic heterocycles. The van der Waals surface area contributed by atoms with Crippen molar-refractivity contribution in [1.29, 1.82) is 5.26 Å². The van der Waals surface area contributed by atoms with Crippen LogP contribution in [0.15, 0.2) is 59.1 Å². The lowest BCUT2D eigenvalue weighted by Gasteiger charge is -2.24. The van der Waals surface area contributed by atoms with Crippen LogP contribution in [0.1, 0.15) is 28.8 Å². The zero-order valence-electron chi connectivity index (χ0n) is 22.7. The first kappa shape index (κ1) is 25.6. The quantitative estimate of drug-likeness (QED) is 0.330. The Morgan fingerprint density at radius 3 is 2.63 bits per heavy atom. The third-order valence-electron chi connectivity index (χ3n) is 8.42. The minimum Gasteiger partial charge on any atom is -0.496 e. The van der Waals surface area contributed by atoms with E-state index in [2.05, 4.69) is 21.7 Å². The molecule has 1 amide bonds. The number of ether oxygens (including phenoxy) is 3. The number of anilines is 1. The number of hydrogen-bond donors (Lipinski definition) is 2. The number of nitrogens with zero attached hydrogens (tertiary/aromatic N) is 2. The Morgan fingerprint density at radius 2 is 1.85 bits per heavy atom. The van der Waals surface area contributed by atoms with Crippen LogP contribution in [0.25, 0.3) is 33.6 Å². The molecule has 0 spiro atoms.